The molecule has 18 heavy (non-hydrogen) atoms. The molecule has 0 saturated carbocycles. The molecule has 2 rings (SSSR count). The van der Waals surface area contributed by atoms with Gasteiger partial charge in [-0.05, 0) is 5.56 Å². The summed E-state index contributed by atoms with van der Waals surface area (Å²) in [6.07, 6.45) is 1.23. The lowest BCUT2D eigenvalue weighted by molar-refractivity contribution is -0.182. The third-order valence-electron chi connectivity index (χ3n) is 2.93. The van der Waals surface area contributed by atoms with E-state index in [1.807, 2.05) is 0 Å². The zero-order valence-electron chi connectivity index (χ0n) is 9.68. The number of amides is 1. The summed E-state index contributed by atoms with van der Waals surface area (Å²) in [7, 11) is 0. The third-order valence-corrected chi connectivity index (χ3v) is 2.93. The molecule has 0 spiro atoms. The number of hydrogen-bond donors (Lipinski definition) is 3. The minimum absolute atomic E-state index is 0.240. The van der Waals surface area contributed by atoms with Gasteiger partial charge in [0.1, 0.15) is 0 Å². The maximum absolute atomic E-state index is 11.8. The van der Waals surface area contributed by atoms with Gasteiger partial charge in [0.15, 0.2) is 6.10 Å². The summed E-state index contributed by atoms with van der Waals surface area (Å²) in [6.45, 7) is 0. The van der Waals surface area contributed by atoms with Crippen molar-refractivity contribution in [3.8, 4) is 0 Å². The number of rotatable bonds is 3. The Morgan fingerprint density at radius 1 is 1.28 bits per heavy atom. The summed E-state index contributed by atoms with van der Waals surface area (Å²) in [4.78, 5) is 11.8. The van der Waals surface area contributed by atoms with E-state index in [0.29, 0.717) is 10.6 Å². The average Bonchev–Trinajstić information content (AvgIpc) is 2.84. The maximum atomic E-state index is 11.8. The van der Waals surface area contributed by atoms with E-state index in [9.17, 15) is 20.2 Å². The van der Waals surface area contributed by atoms with Gasteiger partial charge in [-0.15, -0.1) is 0 Å². The van der Waals surface area contributed by atoms with E-state index in [0.717, 1.165) is 0 Å². The number of nitrogens with zero attached hydrogens (tertiary/aromatic N) is 1. The standard InChI is InChI=1S/C13H15NO4/c15-11-7-6-10(8-11)14(18)13(17)12(16)9-4-2-1-3-5-9/h1-7,10-12,15-16,18H,8H2/t10-,11-,12-/m1/s1. The number of carbonyl (C=O) groups excluding carboxylic acids is 1. The third kappa shape index (κ3) is 2.59. The Morgan fingerprint density at radius 3 is 2.50 bits per heavy atom. The van der Waals surface area contributed by atoms with Gasteiger partial charge >= 0.3 is 0 Å². The van der Waals surface area contributed by atoms with Gasteiger partial charge in [0.25, 0.3) is 5.91 Å². The monoisotopic (exact) mass is 249 g/mol. The summed E-state index contributed by atoms with van der Waals surface area (Å²) in [5.41, 5.74) is 0.420. The van der Waals surface area contributed by atoms with Crippen LogP contribution in [0.25, 0.3) is 0 Å². The number of aliphatic hydroxyl groups is 2. The van der Waals surface area contributed by atoms with Crippen molar-refractivity contribution in [3.63, 3.8) is 0 Å². The normalized spacial score (nSPS) is 23.9. The van der Waals surface area contributed by atoms with Gasteiger partial charge in [-0.1, -0.05) is 42.5 Å². The molecule has 1 aromatic carbocycles. The molecule has 0 aromatic heterocycles. The molecule has 0 fully saturated rings. The van der Waals surface area contributed by atoms with E-state index in [1.165, 1.54) is 6.08 Å². The molecule has 1 aromatic rings. The first-order valence-electron chi connectivity index (χ1n) is 5.71. The van der Waals surface area contributed by atoms with Crippen LogP contribution in [0.15, 0.2) is 42.5 Å². The molecule has 1 aliphatic rings. The lowest BCUT2D eigenvalue weighted by atomic mass is 10.1. The van der Waals surface area contributed by atoms with Crippen LogP contribution in [0.1, 0.15) is 18.1 Å². The van der Waals surface area contributed by atoms with Gasteiger partial charge < -0.3 is 10.2 Å². The first-order valence-corrected chi connectivity index (χ1v) is 5.71. The molecule has 0 heterocycles. The molecule has 96 valence electrons. The first-order chi connectivity index (χ1) is 8.59. The highest BCUT2D eigenvalue weighted by atomic mass is 16.5. The number of benzene rings is 1. The molecule has 3 N–H and O–H groups in total. The van der Waals surface area contributed by atoms with Gasteiger partial charge in [-0.25, -0.2) is 5.06 Å². The molecule has 5 nitrogen and oxygen atoms in total. The number of hydroxylamine groups is 2. The van der Waals surface area contributed by atoms with Crippen LogP contribution < -0.4 is 0 Å². The molecule has 5 heteroatoms. The summed E-state index contributed by atoms with van der Waals surface area (Å²) < 4.78 is 0. The van der Waals surface area contributed by atoms with E-state index in [2.05, 4.69) is 0 Å². The predicted octanol–water partition coefficient (Wildman–Crippen LogP) is 0.627. The minimum Gasteiger partial charge on any atom is -0.389 e. The van der Waals surface area contributed by atoms with Crippen molar-refractivity contribution in [2.24, 2.45) is 0 Å². The number of carbonyl (C=O) groups is 1. The second-order valence-electron chi connectivity index (χ2n) is 4.25. The summed E-state index contributed by atoms with van der Waals surface area (Å²) in [6, 6.07) is 7.80. The fraction of sp³-hybridized carbons (Fsp3) is 0.308. The lowest BCUT2D eigenvalue weighted by Gasteiger charge is -2.23. The van der Waals surface area contributed by atoms with Crippen LogP contribution in [0.4, 0.5) is 0 Å². The van der Waals surface area contributed by atoms with Crippen LogP contribution in [0.3, 0.4) is 0 Å². The van der Waals surface area contributed by atoms with E-state index >= 15 is 0 Å². The molecular formula is C13H15NO4. The van der Waals surface area contributed by atoms with E-state index < -0.39 is 24.2 Å². The lowest BCUT2D eigenvalue weighted by Crippen LogP contribution is -2.39. The minimum atomic E-state index is -1.40. The van der Waals surface area contributed by atoms with Crippen molar-refractivity contribution in [2.45, 2.75) is 24.7 Å². The van der Waals surface area contributed by atoms with Gasteiger partial charge in [0.2, 0.25) is 0 Å². The fourth-order valence-corrected chi connectivity index (χ4v) is 1.91. The zero-order chi connectivity index (χ0) is 13.1. The van der Waals surface area contributed by atoms with Crippen molar-refractivity contribution in [3.05, 3.63) is 48.0 Å². The highest BCUT2D eigenvalue weighted by Gasteiger charge is 2.30. The van der Waals surface area contributed by atoms with Crippen molar-refractivity contribution >= 4 is 5.91 Å². The van der Waals surface area contributed by atoms with Crippen LogP contribution >= 0.6 is 0 Å². The van der Waals surface area contributed by atoms with E-state index in [-0.39, 0.29) is 6.42 Å². The summed E-state index contributed by atoms with van der Waals surface area (Å²) in [5, 5.41) is 29.3. The molecule has 0 saturated heterocycles. The van der Waals surface area contributed by atoms with Gasteiger partial charge in [-0.2, -0.15) is 0 Å². The molecule has 0 aliphatic heterocycles. The molecule has 0 radical (unpaired) electrons. The zero-order valence-corrected chi connectivity index (χ0v) is 9.68. The summed E-state index contributed by atoms with van der Waals surface area (Å²) in [5.74, 6) is -0.801. The second-order valence-corrected chi connectivity index (χ2v) is 4.25. The highest BCUT2D eigenvalue weighted by molar-refractivity contribution is 5.81. The quantitative estimate of drug-likeness (QED) is 0.417. The number of aliphatic hydroxyl groups excluding tert-OH is 2. The van der Waals surface area contributed by atoms with Crippen LogP contribution in [0.2, 0.25) is 0 Å². The van der Waals surface area contributed by atoms with Crippen molar-refractivity contribution in [2.75, 3.05) is 0 Å². The Labute approximate surface area is 105 Å². The van der Waals surface area contributed by atoms with Gasteiger partial charge in [0.05, 0.1) is 12.1 Å². The van der Waals surface area contributed by atoms with Crippen LogP contribution in [0.5, 0.6) is 0 Å². The Hall–Kier alpha value is -1.69. The first kappa shape index (κ1) is 12.8. The van der Waals surface area contributed by atoms with Crippen LogP contribution in [-0.2, 0) is 4.79 Å². The van der Waals surface area contributed by atoms with Crippen molar-refractivity contribution < 1.29 is 20.2 Å². The Balaban J connectivity index is 2.05. The molecule has 1 amide bonds. The predicted molar refractivity (Wildman–Crippen MR) is 63.6 cm³/mol. The highest BCUT2D eigenvalue weighted by Crippen LogP contribution is 2.20. The van der Waals surface area contributed by atoms with Crippen molar-refractivity contribution in [1.82, 2.24) is 5.06 Å². The smallest absolute Gasteiger partial charge is 0.279 e. The molecule has 1 aliphatic carbocycles. The van der Waals surface area contributed by atoms with E-state index in [1.54, 1.807) is 36.4 Å². The molecule has 3 atom stereocenters. The van der Waals surface area contributed by atoms with Crippen LogP contribution in [-0.4, -0.2) is 38.5 Å². The average molecular weight is 249 g/mol. The second kappa shape index (κ2) is 5.30. The Morgan fingerprint density at radius 2 is 1.94 bits per heavy atom. The van der Waals surface area contributed by atoms with Crippen LogP contribution in [0, 0.1) is 0 Å². The summed E-state index contributed by atoms with van der Waals surface area (Å²) >= 11 is 0. The molecule has 0 unspecified atom stereocenters. The fourth-order valence-electron chi connectivity index (χ4n) is 1.91. The Bertz CT molecular complexity index is 446. The van der Waals surface area contributed by atoms with E-state index in [4.69, 9.17) is 0 Å². The SMILES string of the molecule is O=C([C@H](O)c1ccccc1)N(O)[C@@H]1C=C[C@@H](O)C1. The maximum Gasteiger partial charge on any atom is 0.279 e. The molecular weight excluding hydrogens is 234 g/mol. The topological polar surface area (TPSA) is 81.0 Å². The van der Waals surface area contributed by atoms with Gasteiger partial charge in [-0.3, -0.25) is 10.0 Å². The largest absolute Gasteiger partial charge is 0.389 e. The molecule has 0 bridgehead atoms. The number of hydrogen-bond acceptors (Lipinski definition) is 4. The van der Waals surface area contributed by atoms with Crippen molar-refractivity contribution in [1.29, 1.82) is 0 Å². The Kier molecular flexibility index (Phi) is 3.76. The van der Waals surface area contributed by atoms with Gasteiger partial charge in [0, 0.05) is 6.42 Å².